The van der Waals surface area contributed by atoms with E-state index in [1.165, 1.54) is 17.0 Å². The number of hydrogen-bond donors (Lipinski definition) is 1. The van der Waals surface area contributed by atoms with Crippen LogP contribution in [0.5, 0.6) is 0 Å². The molecular weight excluding hydrogens is 542 g/mol. The second-order valence-electron chi connectivity index (χ2n) is 9.45. The third-order valence-electron chi connectivity index (χ3n) is 6.56. The zero-order valence-corrected chi connectivity index (χ0v) is 23.4. The lowest BCUT2D eigenvalue weighted by Gasteiger charge is -2.31. The Bertz CT molecular complexity index is 1120. The van der Waals surface area contributed by atoms with Crippen LogP contribution in [0.1, 0.15) is 57.4 Å². The maximum atomic E-state index is 13.4. The van der Waals surface area contributed by atoms with E-state index in [1.807, 2.05) is 30.3 Å². The van der Waals surface area contributed by atoms with Gasteiger partial charge in [-0.3, -0.25) is 13.9 Å². The molecular formula is C27H36BrN3O4S. The second-order valence-corrected chi connectivity index (χ2v) is 12.3. The summed E-state index contributed by atoms with van der Waals surface area (Å²) in [6, 6.07) is 16.1. The average Bonchev–Trinajstić information content (AvgIpc) is 2.85. The van der Waals surface area contributed by atoms with Crippen molar-refractivity contribution in [2.75, 3.05) is 17.1 Å². The van der Waals surface area contributed by atoms with E-state index in [0.717, 1.165) is 35.7 Å². The smallest absolute Gasteiger partial charge is 0.242 e. The Hall–Kier alpha value is -2.39. The van der Waals surface area contributed by atoms with Crippen LogP contribution in [-0.4, -0.2) is 50.0 Å². The maximum Gasteiger partial charge on any atom is 0.242 e. The van der Waals surface area contributed by atoms with Crippen molar-refractivity contribution in [1.29, 1.82) is 0 Å². The van der Waals surface area contributed by atoms with Crippen LogP contribution < -0.4 is 9.62 Å². The molecule has 36 heavy (non-hydrogen) atoms. The molecule has 1 N–H and O–H groups in total. The number of para-hydroxylation sites is 1. The molecule has 1 atom stereocenters. The predicted molar refractivity (Wildman–Crippen MR) is 147 cm³/mol. The molecule has 9 heteroatoms. The molecule has 2 aromatic rings. The summed E-state index contributed by atoms with van der Waals surface area (Å²) in [5.41, 5.74) is 1.48. The van der Waals surface area contributed by atoms with Gasteiger partial charge in [-0.2, -0.15) is 0 Å². The SMILES string of the molecule is CC(C(=O)NC1CCCCC1)N(Cc1cccc(Br)c1)C(=O)CCCN(c1ccccc1)S(C)(=O)=O. The Morgan fingerprint density at radius 1 is 1.06 bits per heavy atom. The van der Waals surface area contributed by atoms with Gasteiger partial charge < -0.3 is 10.2 Å². The molecule has 2 amide bonds. The molecule has 1 aliphatic rings. The Kier molecular flexibility index (Phi) is 10.4. The van der Waals surface area contributed by atoms with Crippen molar-refractivity contribution in [2.24, 2.45) is 0 Å². The van der Waals surface area contributed by atoms with Crippen molar-refractivity contribution in [3.8, 4) is 0 Å². The minimum atomic E-state index is -3.50. The first kappa shape index (κ1) is 28.2. The fourth-order valence-corrected chi connectivity index (χ4v) is 5.99. The van der Waals surface area contributed by atoms with Gasteiger partial charge in [0, 0.05) is 30.0 Å². The molecule has 196 valence electrons. The predicted octanol–water partition coefficient (Wildman–Crippen LogP) is 4.86. The van der Waals surface area contributed by atoms with Gasteiger partial charge >= 0.3 is 0 Å². The van der Waals surface area contributed by atoms with Crippen LogP contribution in [0.4, 0.5) is 5.69 Å². The van der Waals surface area contributed by atoms with Gasteiger partial charge in [-0.1, -0.05) is 65.5 Å². The largest absolute Gasteiger partial charge is 0.352 e. The van der Waals surface area contributed by atoms with Crippen LogP contribution >= 0.6 is 15.9 Å². The number of nitrogens with one attached hydrogen (secondary N) is 1. The fourth-order valence-electron chi connectivity index (χ4n) is 4.58. The highest BCUT2D eigenvalue weighted by molar-refractivity contribution is 9.10. The molecule has 1 unspecified atom stereocenters. The number of amides is 2. The summed E-state index contributed by atoms with van der Waals surface area (Å²) in [6.07, 6.45) is 7.00. The third kappa shape index (κ3) is 8.34. The quantitative estimate of drug-likeness (QED) is 0.413. The highest BCUT2D eigenvalue weighted by Crippen LogP contribution is 2.21. The topological polar surface area (TPSA) is 86.8 Å². The zero-order valence-electron chi connectivity index (χ0n) is 21.0. The van der Waals surface area contributed by atoms with Gasteiger partial charge in [-0.25, -0.2) is 8.42 Å². The van der Waals surface area contributed by atoms with Crippen molar-refractivity contribution in [3.05, 3.63) is 64.6 Å². The van der Waals surface area contributed by atoms with Gasteiger partial charge in [0.05, 0.1) is 11.9 Å². The van der Waals surface area contributed by atoms with Crippen molar-refractivity contribution >= 4 is 43.5 Å². The second kappa shape index (κ2) is 13.2. The molecule has 7 nitrogen and oxygen atoms in total. The first-order chi connectivity index (χ1) is 17.1. The van der Waals surface area contributed by atoms with Gasteiger partial charge in [-0.15, -0.1) is 0 Å². The number of nitrogens with zero attached hydrogens (tertiary/aromatic N) is 2. The Morgan fingerprint density at radius 2 is 1.75 bits per heavy atom. The number of benzene rings is 2. The molecule has 1 fully saturated rings. The van der Waals surface area contributed by atoms with E-state index in [4.69, 9.17) is 0 Å². The van der Waals surface area contributed by atoms with Gasteiger partial charge in [0.2, 0.25) is 21.8 Å². The highest BCUT2D eigenvalue weighted by Gasteiger charge is 2.28. The van der Waals surface area contributed by atoms with Gasteiger partial charge in [0.1, 0.15) is 6.04 Å². The molecule has 0 heterocycles. The van der Waals surface area contributed by atoms with Gasteiger partial charge in [-0.05, 0) is 56.0 Å². The minimum Gasteiger partial charge on any atom is -0.352 e. The lowest BCUT2D eigenvalue weighted by atomic mass is 9.95. The summed E-state index contributed by atoms with van der Waals surface area (Å²) in [6.45, 7) is 2.24. The van der Waals surface area contributed by atoms with Crippen molar-refractivity contribution < 1.29 is 18.0 Å². The molecule has 2 aromatic carbocycles. The maximum absolute atomic E-state index is 13.4. The molecule has 0 aromatic heterocycles. The summed E-state index contributed by atoms with van der Waals surface area (Å²) < 4.78 is 27.0. The number of rotatable bonds is 11. The summed E-state index contributed by atoms with van der Waals surface area (Å²) >= 11 is 3.47. The first-order valence-electron chi connectivity index (χ1n) is 12.5. The molecule has 0 saturated heterocycles. The summed E-state index contributed by atoms with van der Waals surface area (Å²) in [4.78, 5) is 28.1. The minimum absolute atomic E-state index is 0.133. The van der Waals surface area contributed by atoms with Crippen LogP contribution in [0.25, 0.3) is 0 Å². The highest BCUT2D eigenvalue weighted by atomic mass is 79.9. The van der Waals surface area contributed by atoms with Gasteiger partial charge in [0.25, 0.3) is 0 Å². The Labute approximate surface area is 223 Å². The lowest BCUT2D eigenvalue weighted by Crippen LogP contribution is -2.50. The molecule has 3 rings (SSSR count). The van der Waals surface area contributed by atoms with Crippen molar-refractivity contribution in [1.82, 2.24) is 10.2 Å². The average molecular weight is 579 g/mol. The van der Waals surface area contributed by atoms with Gasteiger partial charge in [0.15, 0.2) is 0 Å². The number of carbonyl (C=O) groups excluding carboxylic acids is 2. The van der Waals surface area contributed by atoms with Crippen LogP contribution in [0.15, 0.2) is 59.1 Å². The number of carbonyl (C=O) groups is 2. The van der Waals surface area contributed by atoms with E-state index >= 15 is 0 Å². The monoisotopic (exact) mass is 577 g/mol. The molecule has 0 aliphatic heterocycles. The van der Waals surface area contributed by atoms with Crippen LogP contribution in [0, 0.1) is 0 Å². The summed E-state index contributed by atoms with van der Waals surface area (Å²) in [7, 11) is -3.50. The van der Waals surface area contributed by atoms with E-state index in [-0.39, 0.29) is 30.8 Å². The number of anilines is 1. The fraction of sp³-hybridized carbons (Fsp3) is 0.481. The molecule has 1 saturated carbocycles. The third-order valence-corrected chi connectivity index (χ3v) is 8.24. The zero-order chi connectivity index (χ0) is 26.1. The number of hydrogen-bond acceptors (Lipinski definition) is 4. The van der Waals surface area contributed by atoms with E-state index in [2.05, 4.69) is 21.2 Å². The molecule has 0 spiro atoms. The van der Waals surface area contributed by atoms with Crippen LogP contribution in [0.3, 0.4) is 0 Å². The van der Waals surface area contributed by atoms with E-state index in [9.17, 15) is 18.0 Å². The number of sulfonamides is 1. The summed E-state index contributed by atoms with van der Waals surface area (Å²) in [5, 5.41) is 3.14. The van der Waals surface area contributed by atoms with E-state index < -0.39 is 16.1 Å². The Balaban J connectivity index is 1.70. The van der Waals surface area contributed by atoms with Crippen molar-refractivity contribution in [2.45, 2.75) is 70.5 Å². The Morgan fingerprint density at radius 3 is 2.39 bits per heavy atom. The van der Waals surface area contributed by atoms with Crippen molar-refractivity contribution in [3.63, 3.8) is 0 Å². The molecule has 0 bridgehead atoms. The standard InChI is InChI=1S/C27H36BrN3O4S/c1-21(27(33)29-24-13-5-3-6-14-24)30(20-22-11-9-12-23(28)19-22)26(32)17-10-18-31(36(2,34)35)25-15-7-4-8-16-25/h4,7-9,11-12,15-16,19,21,24H,3,5-6,10,13-14,17-18,20H2,1-2H3,(H,29,33). The normalized spacial score (nSPS) is 15.2. The van der Waals surface area contributed by atoms with E-state index in [1.54, 1.807) is 36.1 Å². The van der Waals surface area contributed by atoms with E-state index in [0.29, 0.717) is 18.7 Å². The van der Waals surface area contributed by atoms with Crippen LogP contribution in [0.2, 0.25) is 0 Å². The molecule has 0 radical (unpaired) electrons. The first-order valence-corrected chi connectivity index (χ1v) is 15.2. The number of halogens is 1. The molecule has 1 aliphatic carbocycles. The lowest BCUT2D eigenvalue weighted by molar-refractivity contribution is -0.141. The van der Waals surface area contributed by atoms with Crippen LogP contribution in [-0.2, 0) is 26.2 Å². The summed E-state index contributed by atoms with van der Waals surface area (Å²) in [5.74, 6) is -0.324.